The molecule has 1 saturated heterocycles. The molecule has 0 unspecified atom stereocenters. The smallest absolute Gasteiger partial charge is 0.248 e. The summed E-state index contributed by atoms with van der Waals surface area (Å²) in [6, 6.07) is 9.69. The molecule has 4 rings (SSSR count). The molecule has 0 radical (unpaired) electrons. The number of thiophene rings is 1. The molecule has 3 heterocycles. The van der Waals surface area contributed by atoms with Gasteiger partial charge in [-0.1, -0.05) is 29.8 Å². The molecular formula is C20H21N3O3S2. The van der Waals surface area contributed by atoms with Crippen LogP contribution in [0.25, 0.3) is 17.5 Å². The van der Waals surface area contributed by atoms with Crippen molar-refractivity contribution in [2.24, 2.45) is 0 Å². The van der Waals surface area contributed by atoms with Crippen molar-refractivity contribution < 1.29 is 12.8 Å². The fourth-order valence-electron chi connectivity index (χ4n) is 3.19. The van der Waals surface area contributed by atoms with Gasteiger partial charge in [0.05, 0.1) is 0 Å². The van der Waals surface area contributed by atoms with Crippen LogP contribution in [0, 0.1) is 6.92 Å². The molecular weight excluding hydrogens is 394 g/mol. The van der Waals surface area contributed by atoms with E-state index in [1.165, 1.54) is 9.71 Å². The van der Waals surface area contributed by atoms with Gasteiger partial charge < -0.3 is 4.42 Å². The largest absolute Gasteiger partial charge is 0.420 e. The lowest BCUT2D eigenvalue weighted by Gasteiger charge is -2.28. The fourth-order valence-corrected chi connectivity index (χ4v) is 5.04. The highest BCUT2D eigenvalue weighted by Crippen LogP contribution is 2.31. The van der Waals surface area contributed by atoms with Gasteiger partial charge in [-0.15, -0.1) is 10.2 Å². The van der Waals surface area contributed by atoms with Gasteiger partial charge in [0.15, 0.2) is 0 Å². The summed E-state index contributed by atoms with van der Waals surface area (Å²) in [5.74, 6) is 1.20. The average molecular weight is 416 g/mol. The summed E-state index contributed by atoms with van der Waals surface area (Å²) in [5.41, 5.74) is 2.94. The number of nitrogens with zero attached hydrogens (tertiary/aromatic N) is 3. The first-order valence-electron chi connectivity index (χ1n) is 9.12. The lowest BCUT2D eigenvalue weighted by molar-refractivity contribution is 0.293. The zero-order valence-electron chi connectivity index (χ0n) is 15.5. The molecule has 8 heteroatoms. The van der Waals surface area contributed by atoms with E-state index in [4.69, 9.17) is 4.42 Å². The van der Waals surface area contributed by atoms with Gasteiger partial charge in [-0.2, -0.15) is 15.6 Å². The number of aromatic nitrogens is 2. The number of aryl methyl sites for hydroxylation is 1. The van der Waals surface area contributed by atoms with E-state index in [0.717, 1.165) is 16.7 Å². The summed E-state index contributed by atoms with van der Waals surface area (Å²) >= 11 is 1.58. The Morgan fingerprint density at radius 2 is 1.89 bits per heavy atom. The number of hydrogen-bond acceptors (Lipinski definition) is 6. The molecule has 1 aliphatic rings. The SMILES string of the molecule is Cc1ccc(C=CS(=O)(=O)N2CCC(c3nnc(-c4ccsc4)o3)CC2)cc1. The Morgan fingerprint density at radius 3 is 2.57 bits per heavy atom. The van der Waals surface area contributed by atoms with Crippen molar-refractivity contribution >= 4 is 27.4 Å². The average Bonchev–Trinajstić information content (AvgIpc) is 3.39. The summed E-state index contributed by atoms with van der Waals surface area (Å²) in [6.45, 7) is 2.89. The predicted octanol–water partition coefficient (Wildman–Crippen LogP) is 4.29. The van der Waals surface area contributed by atoms with E-state index in [2.05, 4.69) is 10.2 Å². The van der Waals surface area contributed by atoms with E-state index in [1.54, 1.807) is 17.4 Å². The molecule has 1 fully saturated rings. The third kappa shape index (κ3) is 4.24. The van der Waals surface area contributed by atoms with Crippen LogP contribution in [0.3, 0.4) is 0 Å². The van der Waals surface area contributed by atoms with Crippen LogP contribution >= 0.6 is 11.3 Å². The second-order valence-corrected chi connectivity index (χ2v) is 9.49. The van der Waals surface area contributed by atoms with E-state index in [-0.39, 0.29) is 5.92 Å². The van der Waals surface area contributed by atoms with Crippen molar-refractivity contribution in [2.45, 2.75) is 25.7 Å². The van der Waals surface area contributed by atoms with Gasteiger partial charge in [-0.05, 0) is 42.9 Å². The maximum atomic E-state index is 12.6. The molecule has 0 spiro atoms. The highest BCUT2D eigenvalue weighted by Gasteiger charge is 2.30. The van der Waals surface area contributed by atoms with Crippen molar-refractivity contribution in [2.75, 3.05) is 13.1 Å². The highest BCUT2D eigenvalue weighted by molar-refractivity contribution is 7.92. The fraction of sp³-hybridized carbons (Fsp3) is 0.300. The predicted molar refractivity (Wildman–Crippen MR) is 110 cm³/mol. The summed E-state index contributed by atoms with van der Waals surface area (Å²) in [7, 11) is -3.44. The maximum Gasteiger partial charge on any atom is 0.248 e. The lowest BCUT2D eigenvalue weighted by Crippen LogP contribution is -2.36. The topological polar surface area (TPSA) is 76.3 Å². The first-order valence-corrected chi connectivity index (χ1v) is 11.6. The second-order valence-electron chi connectivity index (χ2n) is 6.89. The van der Waals surface area contributed by atoms with Crippen molar-refractivity contribution in [3.8, 4) is 11.5 Å². The molecule has 6 nitrogen and oxygen atoms in total. The van der Waals surface area contributed by atoms with Crippen LogP contribution in [-0.2, 0) is 10.0 Å². The number of hydrogen-bond donors (Lipinski definition) is 0. The molecule has 0 amide bonds. The van der Waals surface area contributed by atoms with Gasteiger partial charge in [0.1, 0.15) is 0 Å². The molecule has 1 aliphatic heterocycles. The van der Waals surface area contributed by atoms with E-state index in [1.807, 2.05) is 48.0 Å². The van der Waals surface area contributed by atoms with Crippen LogP contribution in [0.15, 0.2) is 50.9 Å². The second kappa shape index (κ2) is 7.98. The Hall–Kier alpha value is -2.29. The molecule has 146 valence electrons. The number of sulfonamides is 1. The minimum absolute atomic E-state index is 0.0902. The van der Waals surface area contributed by atoms with Crippen LogP contribution in [0.2, 0.25) is 0 Å². The molecule has 3 aromatic rings. The molecule has 0 saturated carbocycles. The minimum Gasteiger partial charge on any atom is -0.420 e. The molecule has 0 bridgehead atoms. The Kier molecular flexibility index (Phi) is 5.43. The normalized spacial score (nSPS) is 16.8. The Balaban J connectivity index is 1.38. The maximum absolute atomic E-state index is 12.6. The minimum atomic E-state index is -3.44. The van der Waals surface area contributed by atoms with Crippen LogP contribution in [-0.4, -0.2) is 36.0 Å². The monoisotopic (exact) mass is 415 g/mol. The Morgan fingerprint density at radius 1 is 1.14 bits per heavy atom. The van der Waals surface area contributed by atoms with E-state index in [9.17, 15) is 8.42 Å². The quantitative estimate of drug-likeness (QED) is 0.621. The van der Waals surface area contributed by atoms with Crippen LogP contribution in [0.1, 0.15) is 35.8 Å². The van der Waals surface area contributed by atoms with Gasteiger partial charge in [-0.3, -0.25) is 0 Å². The van der Waals surface area contributed by atoms with Gasteiger partial charge in [-0.25, -0.2) is 8.42 Å². The van der Waals surface area contributed by atoms with E-state index < -0.39 is 10.0 Å². The van der Waals surface area contributed by atoms with Crippen molar-refractivity contribution in [3.05, 3.63) is 63.5 Å². The zero-order chi connectivity index (χ0) is 19.6. The van der Waals surface area contributed by atoms with Gasteiger partial charge in [0.25, 0.3) is 0 Å². The molecule has 0 N–H and O–H groups in total. The highest BCUT2D eigenvalue weighted by atomic mass is 32.2. The van der Waals surface area contributed by atoms with Gasteiger partial charge in [0, 0.05) is 35.4 Å². The Bertz CT molecular complexity index is 1050. The van der Waals surface area contributed by atoms with Gasteiger partial charge in [0.2, 0.25) is 21.8 Å². The number of rotatable bonds is 5. The molecule has 2 aromatic heterocycles. The van der Waals surface area contributed by atoms with Crippen molar-refractivity contribution in [1.29, 1.82) is 0 Å². The van der Waals surface area contributed by atoms with Crippen molar-refractivity contribution in [1.82, 2.24) is 14.5 Å². The van der Waals surface area contributed by atoms with E-state index >= 15 is 0 Å². The number of piperidine rings is 1. The summed E-state index contributed by atoms with van der Waals surface area (Å²) in [6.07, 6.45) is 2.98. The van der Waals surface area contributed by atoms with Crippen LogP contribution in [0.5, 0.6) is 0 Å². The number of benzene rings is 1. The first kappa shape index (κ1) is 19.0. The molecule has 0 aliphatic carbocycles. The van der Waals surface area contributed by atoms with Crippen LogP contribution < -0.4 is 0 Å². The molecule has 1 aromatic carbocycles. The lowest BCUT2D eigenvalue weighted by atomic mass is 9.98. The van der Waals surface area contributed by atoms with E-state index in [0.29, 0.717) is 37.7 Å². The first-order chi connectivity index (χ1) is 13.5. The Labute approximate surface area is 168 Å². The summed E-state index contributed by atoms with van der Waals surface area (Å²) < 4.78 is 32.6. The molecule has 0 atom stereocenters. The van der Waals surface area contributed by atoms with Crippen LogP contribution in [0.4, 0.5) is 0 Å². The molecule has 28 heavy (non-hydrogen) atoms. The third-order valence-corrected chi connectivity index (χ3v) is 7.13. The standard InChI is InChI=1S/C20H21N3O3S2/c1-15-2-4-16(5-3-15)9-13-28(24,25)23-10-6-17(7-11-23)19-21-22-20(26-19)18-8-12-27-14-18/h2-5,8-9,12-14,17H,6-7,10-11H2,1H3. The van der Waals surface area contributed by atoms with Crippen molar-refractivity contribution in [3.63, 3.8) is 0 Å². The summed E-state index contributed by atoms with van der Waals surface area (Å²) in [5, 5.41) is 13.5. The zero-order valence-corrected chi connectivity index (χ0v) is 17.1. The summed E-state index contributed by atoms with van der Waals surface area (Å²) in [4.78, 5) is 0. The van der Waals surface area contributed by atoms with Gasteiger partial charge >= 0.3 is 0 Å². The third-order valence-electron chi connectivity index (χ3n) is 4.88.